The van der Waals surface area contributed by atoms with Crippen molar-refractivity contribution in [3.05, 3.63) is 83.9 Å². The maximum Gasteiger partial charge on any atom is 0.0911 e. The molecular weight excluding hydrogens is 246 g/mol. The van der Waals surface area contributed by atoms with Crippen LogP contribution in [0.3, 0.4) is 0 Å². The van der Waals surface area contributed by atoms with E-state index < -0.39 is 0 Å². The Kier molecular flexibility index (Phi) is 3.46. The second-order valence-electron chi connectivity index (χ2n) is 4.77. The molecule has 0 aliphatic carbocycles. The third-order valence-corrected chi connectivity index (χ3v) is 3.42. The van der Waals surface area contributed by atoms with E-state index >= 15 is 0 Å². The van der Waals surface area contributed by atoms with Crippen LogP contribution in [-0.4, -0.2) is 10.9 Å². The Balaban J connectivity index is 1.95. The molecule has 0 unspecified atom stereocenters. The lowest BCUT2D eigenvalue weighted by Crippen LogP contribution is -2.05. The monoisotopic (exact) mass is 261 g/mol. The Morgan fingerprint density at radius 3 is 2.25 bits per heavy atom. The summed E-state index contributed by atoms with van der Waals surface area (Å²) in [4.78, 5) is 0. The van der Waals surface area contributed by atoms with Gasteiger partial charge >= 0.3 is 0 Å². The van der Waals surface area contributed by atoms with Crippen molar-refractivity contribution in [1.82, 2.24) is 0 Å². The van der Waals surface area contributed by atoms with Gasteiger partial charge in [-0.05, 0) is 22.4 Å². The Morgan fingerprint density at radius 2 is 1.50 bits per heavy atom. The van der Waals surface area contributed by atoms with Crippen LogP contribution in [-0.2, 0) is 6.42 Å². The summed E-state index contributed by atoms with van der Waals surface area (Å²) in [5, 5.41) is 15.1. The SMILES string of the molecule is O/N=C(\Cc1ccccc1)c1ccc2ccccc2c1. The fourth-order valence-corrected chi connectivity index (χ4v) is 2.35. The number of hydrogen-bond donors (Lipinski definition) is 1. The third-order valence-electron chi connectivity index (χ3n) is 3.42. The molecule has 98 valence electrons. The number of hydrogen-bond acceptors (Lipinski definition) is 2. The zero-order chi connectivity index (χ0) is 13.8. The highest BCUT2D eigenvalue weighted by molar-refractivity contribution is 6.04. The van der Waals surface area contributed by atoms with Gasteiger partial charge in [0.25, 0.3) is 0 Å². The van der Waals surface area contributed by atoms with Gasteiger partial charge in [-0.15, -0.1) is 0 Å². The molecule has 0 aliphatic rings. The molecule has 3 aromatic rings. The molecule has 20 heavy (non-hydrogen) atoms. The van der Waals surface area contributed by atoms with Gasteiger partial charge in [-0.3, -0.25) is 0 Å². The minimum absolute atomic E-state index is 0.621. The molecule has 1 N–H and O–H groups in total. The molecule has 3 rings (SSSR count). The van der Waals surface area contributed by atoms with Crippen LogP contribution < -0.4 is 0 Å². The van der Waals surface area contributed by atoms with Crippen molar-refractivity contribution in [3.63, 3.8) is 0 Å². The number of benzene rings is 3. The largest absolute Gasteiger partial charge is 0.411 e. The fourth-order valence-electron chi connectivity index (χ4n) is 2.35. The molecule has 0 heterocycles. The van der Waals surface area contributed by atoms with Gasteiger partial charge in [0.1, 0.15) is 0 Å². The minimum Gasteiger partial charge on any atom is -0.411 e. The maximum absolute atomic E-state index is 9.30. The van der Waals surface area contributed by atoms with Crippen molar-refractivity contribution in [3.8, 4) is 0 Å². The van der Waals surface area contributed by atoms with Crippen molar-refractivity contribution in [2.75, 3.05) is 0 Å². The average molecular weight is 261 g/mol. The molecule has 0 saturated carbocycles. The zero-order valence-electron chi connectivity index (χ0n) is 11.0. The summed E-state index contributed by atoms with van der Waals surface area (Å²) in [5.41, 5.74) is 2.77. The van der Waals surface area contributed by atoms with E-state index in [0.717, 1.165) is 16.5 Å². The number of nitrogens with zero attached hydrogens (tertiary/aromatic N) is 1. The first-order valence-corrected chi connectivity index (χ1v) is 6.61. The minimum atomic E-state index is 0.621. The molecule has 3 aromatic carbocycles. The topological polar surface area (TPSA) is 32.6 Å². The standard InChI is InChI=1S/C18H15NO/c20-19-18(12-14-6-2-1-3-7-14)17-11-10-15-8-4-5-9-16(15)13-17/h1-11,13,20H,12H2/b19-18+. The first kappa shape index (κ1) is 12.4. The first-order chi connectivity index (χ1) is 9.86. The van der Waals surface area contributed by atoms with Gasteiger partial charge in [0.2, 0.25) is 0 Å². The predicted molar refractivity (Wildman–Crippen MR) is 82.4 cm³/mol. The summed E-state index contributed by atoms with van der Waals surface area (Å²) in [6.07, 6.45) is 0.621. The van der Waals surface area contributed by atoms with E-state index in [4.69, 9.17) is 0 Å². The summed E-state index contributed by atoms with van der Waals surface area (Å²) in [6.45, 7) is 0. The van der Waals surface area contributed by atoms with Crippen molar-refractivity contribution >= 4 is 16.5 Å². The van der Waals surface area contributed by atoms with Crippen molar-refractivity contribution in [2.24, 2.45) is 5.16 Å². The van der Waals surface area contributed by atoms with Gasteiger partial charge < -0.3 is 5.21 Å². The summed E-state index contributed by atoms with van der Waals surface area (Å²) >= 11 is 0. The first-order valence-electron chi connectivity index (χ1n) is 6.61. The summed E-state index contributed by atoms with van der Waals surface area (Å²) in [5.74, 6) is 0. The second-order valence-corrected chi connectivity index (χ2v) is 4.77. The van der Waals surface area contributed by atoms with Crippen LogP contribution in [0.2, 0.25) is 0 Å². The van der Waals surface area contributed by atoms with Crippen LogP contribution in [0.1, 0.15) is 11.1 Å². The molecule has 0 bridgehead atoms. The number of rotatable bonds is 3. The van der Waals surface area contributed by atoms with Crippen LogP contribution in [0.4, 0.5) is 0 Å². The van der Waals surface area contributed by atoms with Gasteiger partial charge in [0, 0.05) is 12.0 Å². The Labute approximate surface area is 118 Å². The molecule has 0 amide bonds. The molecule has 0 spiro atoms. The Bertz CT molecular complexity index is 747. The van der Waals surface area contributed by atoms with E-state index in [1.54, 1.807) is 0 Å². The highest BCUT2D eigenvalue weighted by Gasteiger charge is 2.06. The molecule has 2 heteroatoms. The highest BCUT2D eigenvalue weighted by atomic mass is 16.4. The van der Waals surface area contributed by atoms with E-state index in [9.17, 15) is 5.21 Å². The summed E-state index contributed by atoms with van der Waals surface area (Å²) in [7, 11) is 0. The lowest BCUT2D eigenvalue weighted by Gasteiger charge is -2.06. The molecule has 2 nitrogen and oxygen atoms in total. The van der Waals surface area contributed by atoms with Crippen LogP contribution in [0.5, 0.6) is 0 Å². The Hall–Kier alpha value is -2.61. The van der Waals surface area contributed by atoms with E-state index in [1.165, 1.54) is 5.39 Å². The fraction of sp³-hybridized carbons (Fsp3) is 0.0556. The molecular formula is C18H15NO. The Morgan fingerprint density at radius 1 is 0.800 bits per heavy atom. The van der Waals surface area contributed by atoms with Crippen LogP contribution in [0.25, 0.3) is 10.8 Å². The van der Waals surface area contributed by atoms with Gasteiger partial charge in [0.05, 0.1) is 5.71 Å². The van der Waals surface area contributed by atoms with E-state index in [2.05, 4.69) is 29.4 Å². The van der Waals surface area contributed by atoms with Gasteiger partial charge in [-0.25, -0.2) is 0 Å². The third kappa shape index (κ3) is 2.54. The van der Waals surface area contributed by atoms with E-state index in [-0.39, 0.29) is 0 Å². The molecule has 0 saturated heterocycles. The van der Waals surface area contributed by atoms with Crippen LogP contribution in [0.15, 0.2) is 78.0 Å². The zero-order valence-corrected chi connectivity index (χ0v) is 11.0. The highest BCUT2D eigenvalue weighted by Crippen LogP contribution is 2.17. The number of oxime groups is 1. The van der Waals surface area contributed by atoms with Gasteiger partial charge in [-0.1, -0.05) is 71.9 Å². The van der Waals surface area contributed by atoms with Crippen LogP contribution >= 0.6 is 0 Å². The lowest BCUT2D eigenvalue weighted by atomic mass is 9.99. The normalized spacial score (nSPS) is 11.7. The van der Waals surface area contributed by atoms with Crippen LogP contribution in [0, 0.1) is 0 Å². The van der Waals surface area contributed by atoms with Crippen molar-refractivity contribution in [1.29, 1.82) is 0 Å². The van der Waals surface area contributed by atoms with Gasteiger partial charge in [-0.2, -0.15) is 0 Å². The average Bonchev–Trinajstić information content (AvgIpc) is 2.53. The van der Waals surface area contributed by atoms with E-state index in [1.807, 2.05) is 48.5 Å². The molecule has 0 radical (unpaired) electrons. The molecule has 0 aromatic heterocycles. The summed E-state index contributed by atoms with van der Waals surface area (Å²) in [6, 6.07) is 24.3. The molecule has 0 fully saturated rings. The van der Waals surface area contributed by atoms with E-state index in [0.29, 0.717) is 12.1 Å². The maximum atomic E-state index is 9.30. The smallest absolute Gasteiger partial charge is 0.0911 e. The quantitative estimate of drug-likeness (QED) is 0.426. The van der Waals surface area contributed by atoms with Crippen molar-refractivity contribution < 1.29 is 5.21 Å². The predicted octanol–water partition coefficient (Wildman–Crippen LogP) is 4.26. The molecule has 0 aliphatic heterocycles. The second kappa shape index (κ2) is 5.57. The number of fused-ring (bicyclic) bond motifs is 1. The summed E-state index contributed by atoms with van der Waals surface area (Å²) < 4.78 is 0. The molecule has 0 atom stereocenters. The van der Waals surface area contributed by atoms with Crippen molar-refractivity contribution in [2.45, 2.75) is 6.42 Å². The lowest BCUT2D eigenvalue weighted by molar-refractivity contribution is 0.318. The van der Waals surface area contributed by atoms with Gasteiger partial charge in [0.15, 0.2) is 0 Å².